The first-order valence-electron chi connectivity index (χ1n) is 9.47. The van der Waals surface area contributed by atoms with E-state index in [4.69, 9.17) is 4.74 Å². The van der Waals surface area contributed by atoms with Crippen molar-refractivity contribution in [2.45, 2.75) is 84.7 Å². The minimum absolute atomic E-state index is 0.0292. The van der Waals surface area contributed by atoms with Crippen LogP contribution >= 0.6 is 0 Å². The van der Waals surface area contributed by atoms with Gasteiger partial charge in [-0.05, 0) is 50.9 Å². The van der Waals surface area contributed by atoms with E-state index in [1.807, 2.05) is 0 Å². The van der Waals surface area contributed by atoms with Crippen LogP contribution in [0, 0.1) is 28.1 Å². The molecule has 2 bridgehead atoms. The van der Waals surface area contributed by atoms with Crippen LogP contribution in [0.5, 0.6) is 0 Å². The number of Topliss-reactive ketones (excluding diaryl/α,β-unsaturated/α-hetero) is 1. The van der Waals surface area contributed by atoms with E-state index in [9.17, 15) is 9.59 Å². The van der Waals surface area contributed by atoms with Crippen LogP contribution in [0.3, 0.4) is 0 Å². The molecule has 0 radical (unpaired) electrons. The van der Waals surface area contributed by atoms with Gasteiger partial charge < -0.3 is 4.74 Å². The topological polar surface area (TPSA) is 43.4 Å². The van der Waals surface area contributed by atoms with E-state index in [-0.39, 0.29) is 34.2 Å². The van der Waals surface area contributed by atoms with E-state index < -0.39 is 5.41 Å². The summed E-state index contributed by atoms with van der Waals surface area (Å²) < 4.78 is 6.21. The van der Waals surface area contributed by atoms with Crippen LogP contribution in [-0.4, -0.2) is 17.4 Å². The maximum absolute atomic E-state index is 13.1. The van der Waals surface area contributed by atoms with E-state index >= 15 is 0 Å². The van der Waals surface area contributed by atoms with Gasteiger partial charge in [-0.15, -0.1) is 0 Å². The molecule has 3 saturated carbocycles. The SMILES string of the molecule is CC[C@]1(C)CC[C@]2(C)[C@H](C1)C(=O)C[C@H]1[C@]3(C)CCC[C@@]12OC3=O. The van der Waals surface area contributed by atoms with Crippen LogP contribution < -0.4 is 0 Å². The smallest absolute Gasteiger partial charge is 0.312 e. The molecule has 3 nitrogen and oxygen atoms in total. The van der Waals surface area contributed by atoms with Gasteiger partial charge in [0.2, 0.25) is 0 Å². The Morgan fingerprint density at radius 2 is 1.83 bits per heavy atom. The van der Waals surface area contributed by atoms with E-state index in [0.717, 1.165) is 44.9 Å². The predicted molar refractivity (Wildman–Crippen MR) is 87.7 cm³/mol. The van der Waals surface area contributed by atoms with Gasteiger partial charge in [-0.2, -0.15) is 0 Å². The lowest BCUT2D eigenvalue weighted by molar-refractivity contribution is -0.204. The van der Waals surface area contributed by atoms with Crippen LogP contribution in [0.15, 0.2) is 0 Å². The van der Waals surface area contributed by atoms with E-state index in [1.165, 1.54) is 0 Å². The Labute approximate surface area is 139 Å². The number of carbonyl (C=O) groups excluding carboxylic acids is 2. The van der Waals surface area contributed by atoms with E-state index in [1.54, 1.807) is 0 Å². The number of rotatable bonds is 1. The Kier molecular flexibility index (Phi) is 3.00. The summed E-state index contributed by atoms with van der Waals surface area (Å²) >= 11 is 0. The largest absolute Gasteiger partial charge is 0.458 e. The summed E-state index contributed by atoms with van der Waals surface area (Å²) in [4.78, 5) is 25.8. The Bertz CT molecular complexity index is 583. The lowest BCUT2D eigenvalue weighted by atomic mass is 9.42. The molecule has 1 heterocycles. The summed E-state index contributed by atoms with van der Waals surface area (Å²) in [6, 6.07) is 0. The molecule has 4 rings (SSSR count). The van der Waals surface area contributed by atoms with Crippen LogP contribution in [0.4, 0.5) is 0 Å². The van der Waals surface area contributed by atoms with Gasteiger partial charge >= 0.3 is 5.97 Å². The number of esters is 1. The minimum Gasteiger partial charge on any atom is -0.458 e. The highest BCUT2D eigenvalue weighted by molar-refractivity contribution is 5.88. The molecule has 0 aromatic carbocycles. The summed E-state index contributed by atoms with van der Waals surface area (Å²) in [5, 5.41) is 0. The molecular weight excluding hydrogens is 288 g/mol. The molecule has 0 spiro atoms. The average molecular weight is 318 g/mol. The molecular formula is C20H30O3. The second-order valence-corrected chi connectivity index (χ2v) is 9.61. The molecule has 6 atom stereocenters. The molecule has 0 amide bonds. The minimum atomic E-state index is -0.423. The third-order valence-electron chi connectivity index (χ3n) is 8.65. The molecule has 3 aliphatic carbocycles. The Morgan fingerprint density at radius 3 is 2.52 bits per heavy atom. The van der Waals surface area contributed by atoms with Crippen molar-refractivity contribution in [2.24, 2.45) is 28.1 Å². The van der Waals surface area contributed by atoms with Crippen LogP contribution in [-0.2, 0) is 14.3 Å². The number of hydrogen-bond donors (Lipinski definition) is 0. The van der Waals surface area contributed by atoms with Gasteiger partial charge in [0.15, 0.2) is 0 Å². The second kappa shape index (κ2) is 4.40. The van der Waals surface area contributed by atoms with Crippen molar-refractivity contribution in [3.8, 4) is 0 Å². The quantitative estimate of drug-likeness (QED) is 0.678. The number of ketones is 1. The van der Waals surface area contributed by atoms with Crippen LogP contribution in [0.25, 0.3) is 0 Å². The average Bonchev–Trinajstić information content (AvgIpc) is 2.64. The van der Waals surface area contributed by atoms with Crippen molar-refractivity contribution in [3.63, 3.8) is 0 Å². The van der Waals surface area contributed by atoms with Crippen LogP contribution in [0.1, 0.15) is 79.1 Å². The van der Waals surface area contributed by atoms with Crippen molar-refractivity contribution < 1.29 is 14.3 Å². The highest BCUT2D eigenvalue weighted by Crippen LogP contribution is 2.70. The van der Waals surface area contributed by atoms with Crippen molar-refractivity contribution in [3.05, 3.63) is 0 Å². The Morgan fingerprint density at radius 1 is 1.09 bits per heavy atom. The number of hydrogen-bond acceptors (Lipinski definition) is 3. The molecule has 23 heavy (non-hydrogen) atoms. The highest BCUT2D eigenvalue weighted by Gasteiger charge is 2.75. The van der Waals surface area contributed by atoms with E-state index in [2.05, 4.69) is 27.7 Å². The molecule has 1 aliphatic heterocycles. The Balaban J connectivity index is 1.81. The lowest BCUT2D eigenvalue weighted by Crippen LogP contribution is -2.65. The summed E-state index contributed by atoms with van der Waals surface area (Å²) in [5.41, 5.74) is -0.683. The zero-order valence-corrected chi connectivity index (χ0v) is 15.0. The Hall–Kier alpha value is -0.860. The van der Waals surface area contributed by atoms with Gasteiger partial charge in [0.25, 0.3) is 0 Å². The number of carbonyl (C=O) groups is 2. The van der Waals surface area contributed by atoms with Gasteiger partial charge in [0.1, 0.15) is 11.4 Å². The summed E-state index contributed by atoms with van der Waals surface area (Å²) in [5.74, 6) is 0.555. The zero-order chi connectivity index (χ0) is 16.7. The zero-order valence-electron chi connectivity index (χ0n) is 15.0. The summed E-state index contributed by atoms with van der Waals surface area (Å²) in [7, 11) is 0. The van der Waals surface area contributed by atoms with Gasteiger partial charge in [0, 0.05) is 23.7 Å². The fraction of sp³-hybridized carbons (Fsp3) is 0.900. The van der Waals surface area contributed by atoms with E-state index in [0.29, 0.717) is 12.2 Å². The fourth-order valence-electron chi connectivity index (χ4n) is 6.62. The predicted octanol–water partition coefficient (Wildman–Crippen LogP) is 4.28. The highest BCUT2D eigenvalue weighted by atomic mass is 16.6. The third-order valence-corrected chi connectivity index (χ3v) is 8.65. The molecule has 3 heteroatoms. The maximum Gasteiger partial charge on any atom is 0.312 e. The van der Waals surface area contributed by atoms with Crippen LogP contribution in [0.2, 0.25) is 0 Å². The first kappa shape index (κ1) is 15.7. The molecule has 0 aromatic heterocycles. The molecule has 0 unspecified atom stereocenters. The fourth-order valence-corrected chi connectivity index (χ4v) is 6.62. The van der Waals surface area contributed by atoms with Gasteiger partial charge in [0.05, 0.1) is 5.41 Å². The van der Waals surface area contributed by atoms with Crippen molar-refractivity contribution in [1.82, 2.24) is 0 Å². The lowest BCUT2D eigenvalue weighted by Gasteiger charge is -2.61. The standard InChI is InChI=1S/C20H30O3/c1-5-17(2)9-10-19(4)13(12-17)14(21)11-15-18(3)7-6-8-20(15,19)23-16(18)22/h13,15H,5-12H2,1-4H3/t13-,15+,17-,18+,19-,20-/m1/s1. The molecule has 4 fully saturated rings. The number of fused-ring (bicyclic) bond motifs is 1. The molecule has 1 saturated heterocycles. The first-order valence-corrected chi connectivity index (χ1v) is 9.47. The van der Waals surface area contributed by atoms with Gasteiger partial charge in [-0.1, -0.05) is 27.2 Å². The monoisotopic (exact) mass is 318 g/mol. The molecule has 0 N–H and O–H groups in total. The van der Waals surface area contributed by atoms with Gasteiger partial charge in [-0.3, -0.25) is 9.59 Å². The van der Waals surface area contributed by atoms with Crippen molar-refractivity contribution >= 4 is 11.8 Å². The maximum atomic E-state index is 13.1. The normalized spacial score (nSPS) is 55.1. The molecule has 128 valence electrons. The summed E-state index contributed by atoms with van der Waals surface area (Å²) in [6.07, 6.45) is 7.73. The molecule has 4 aliphatic rings. The summed E-state index contributed by atoms with van der Waals surface area (Å²) in [6.45, 7) is 8.89. The first-order chi connectivity index (χ1) is 10.7. The third kappa shape index (κ3) is 1.67. The molecule has 0 aromatic rings. The number of ether oxygens (including phenoxy) is 1. The van der Waals surface area contributed by atoms with Gasteiger partial charge in [-0.25, -0.2) is 0 Å². The van der Waals surface area contributed by atoms with Crippen molar-refractivity contribution in [1.29, 1.82) is 0 Å². The van der Waals surface area contributed by atoms with Crippen molar-refractivity contribution in [2.75, 3.05) is 0 Å². The second-order valence-electron chi connectivity index (χ2n) is 9.61.